The van der Waals surface area contributed by atoms with Gasteiger partial charge >= 0.3 is 0 Å². The Bertz CT molecular complexity index is 539. The quantitative estimate of drug-likeness (QED) is 0.910. The van der Waals surface area contributed by atoms with Gasteiger partial charge in [-0.25, -0.2) is 0 Å². The van der Waals surface area contributed by atoms with Gasteiger partial charge in [0.25, 0.3) is 0 Å². The molecular formula is C18H23NO. The van der Waals surface area contributed by atoms with E-state index >= 15 is 0 Å². The lowest BCUT2D eigenvalue weighted by Crippen LogP contribution is -2.50. The second-order valence-corrected chi connectivity index (χ2v) is 6.91. The predicted octanol–water partition coefficient (Wildman–Crippen LogP) is 3.63. The van der Waals surface area contributed by atoms with Crippen LogP contribution in [0, 0.1) is 22.7 Å². The number of nitrogens with zero attached hydrogens (tertiary/aromatic N) is 1. The third kappa shape index (κ3) is 2.15. The van der Waals surface area contributed by atoms with Crippen LogP contribution < -0.4 is 0 Å². The highest BCUT2D eigenvalue weighted by atomic mass is 16.3. The van der Waals surface area contributed by atoms with Gasteiger partial charge in [-0.05, 0) is 49.7 Å². The van der Waals surface area contributed by atoms with Crippen molar-refractivity contribution >= 4 is 0 Å². The summed E-state index contributed by atoms with van der Waals surface area (Å²) in [6.45, 7) is 1.89. The Labute approximate surface area is 121 Å². The van der Waals surface area contributed by atoms with Crippen molar-refractivity contribution in [1.82, 2.24) is 0 Å². The van der Waals surface area contributed by atoms with Gasteiger partial charge in [0.1, 0.15) is 0 Å². The second-order valence-electron chi connectivity index (χ2n) is 6.91. The molecule has 0 radical (unpaired) electrons. The van der Waals surface area contributed by atoms with Crippen LogP contribution in [-0.2, 0) is 12.8 Å². The Balaban J connectivity index is 1.87. The first-order valence-corrected chi connectivity index (χ1v) is 7.77. The number of rotatable bonds is 3. The smallest absolute Gasteiger partial charge is 0.0900 e. The molecule has 2 unspecified atom stereocenters. The van der Waals surface area contributed by atoms with Gasteiger partial charge in [0.2, 0.25) is 0 Å². The Morgan fingerprint density at radius 3 is 2.65 bits per heavy atom. The molecule has 0 bridgehead atoms. The van der Waals surface area contributed by atoms with Crippen LogP contribution in [-0.4, -0.2) is 10.7 Å². The van der Waals surface area contributed by atoms with Gasteiger partial charge in [0.15, 0.2) is 0 Å². The van der Waals surface area contributed by atoms with Crippen LogP contribution in [0.15, 0.2) is 24.3 Å². The molecule has 0 aromatic heterocycles. The van der Waals surface area contributed by atoms with Crippen LogP contribution in [0.2, 0.25) is 0 Å². The molecule has 0 aliphatic heterocycles. The fourth-order valence-electron chi connectivity index (χ4n) is 3.87. The van der Waals surface area contributed by atoms with Crippen molar-refractivity contribution in [2.24, 2.45) is 11.3 Å². The van der Waals surface area contributed by atoms with Crippen LogP contribution in [0.3, 0.4) is 0 Å². The monoisotopic (exact) mass is 269 g/mol. The Morgan fingerprint density at radius 2 is 2.05 bits per heavy atom. The van der Waals surface area contributed by atoms with Crippen molar-refractivity contribution in [2.45, 2.75) is 57.5 Å². The van der Waals surface area contributed by atoms with Crippen molar-refractivity contribution in [3.05, 3.63) is 35.4 Å². The van der Waals surface area contributed by atoms with Crippen LogP contribution in [0.1, 0.15) is 50.2 Å². The summed E-state index contributed by atoms with van der Waals surface area (Å²) in [5.41, 5.74) is 1.10. The summed E-state index contributed by atoms with van der Waals surface area (Å²) in [6, 6.07) is 10.9. The molecule has 2 aliphatic carbocycles. The van der Waals surface area contributed by atoms with E-state index in [9.17, 15) is 10.4 Å². The first kappa shape index (κ1) is 13.6. The van der Waals surface area contributed by atoms with Gasteiger partial charge < -0.3 is 5.11 Å². The van der Waals surface area contributed by atoms with Crippen molar-refractivity contribution < 1.29 is 5.11 Å². The molecule has 0 amide bonds. The molecule has 2 heteroatoms. The average molecular weight is 269 g/mol. The Hall–Kier alpha value is -1.33. The fourth-order valence-corrected chi connectivity index (χ4v) is 3.87. The zero-order valence-corrected chi connectivity index (χ0v) is 12.2. The summed E-state index contributed by atoms with van der Waals surface area (Å²) in [5, 5.41) is 20.8. The van der Waals surface area contributed by atoms with Crippen molar-refractivity contribution in [3.8, 4) is 6.07 Å². The van der Waals surface area contributed by atoms with E-state index in [-0.39, 0.29) is 0 Å². The zero-order chi connectivity index (χ0) is 14.2. The maximum absolute atomic E-state index is 11.0. The third-order valence-corrected chi connectivity index (χ3v) is 5.59. The number of nitriles is 1. The minimum atomic E-state index is -0.875. The standard InChI is InChI=1S/C18H23NO/c1-17(20,11-14-5-4-6-14)18(13-19)10-9-15-7-2-3-8-16(15)12-18/h2-3,7-8,14,20H,4-6,9-12H2,1H3. The van der Waals surface area contributed by atoms with E-state index in [2.05, 4.69) is 24.3 Å². The molecular weight excluding hydrogens is 246 g/mol. The summed E-state index contributed by atoms with van der Waals surface area (Å²) in [5.74, 6) is 0.618. The van der Waals surface area contributed by atoms with Crippen LogP contribution in [0.4, 0.5) is 0 Å². The number of benzene rings is 1. The topological polar surface area (TPSA) is 44.0 Å². The van der Waals surface area contributed by atoms with E-state index in [0.717, 1.165) is 19.3 Å². The highest BCUT2D eigenvalue weighted by molar-refractivity contribution is 5.34. The lowest BCUT2D eigenvalue weighted by molar-refractivity contribution is -0.0715. The van der Waals surface area contributed by atoms with Crippen molar-refractivity contribution in [2.75, 3.05) is 0 Å². The minimum absolute atomic E-state index is 0.614. The molecule has 1 N–H and O–H groups in total. The van der Waals surface area contributed by atoms with E-state index in [1.165, 1.54) is 30.4 Å². The predicted molar refractivity (Wildman–Crippen MR) is 79.1 cm³/mol. The number of hydrogen-bond acceptors (Lipinski definition) is 2. The number of hydrogen-bond donors (Lipinski definition) is 1. The van der Waals surface area contributed by atoms with E-state index in [0.29, 0.717) is 12.3 Å². The van der Waals surface area contributed by atoms with Crippen LogP contribution >= 0.6 is 0 Å². The van der Waals surface area contributed by atoms with Crippen molar-refractivity contribution in [1.29, 1.82) is 5.26 Å². The zero-order valence-electron chi connectivity index (χ0n) is 12.2. The SMILES string of the molecule is CC(O)(CC1CCC1)C1(C#N)CCc2ccccc2C1. The molecule has 1 saturated carbocycles. The van der Waals surface area contributed by atoms with Gasteiger partial charge in [0.05, 0.1) is 17.1 Å². The average Bonchev–Trinajstić information content (AvgIpc) is 2.42. The van der Waals surface area contributed by atoms with E-state index in [1.807, 2.05) is 13.0 Å². The highest BCUT2D eigenvalue weighted by Gasteiger charge is 2.50. The first-order chi connectivity index (χ1) is 9.56. The normalized spacial score (nSPS) is 28.9. The van der Waals surface area contributed by atoms with Gasteiger partial charge in [-0.1, -0.05) is 43.5 Å². The molecule has 2 nitrogen and oxygen atoms in total. The molecule has 2 aliphatic rings. The van der Waals surface area contributed by atoms with Gasteiger partial charge in [-0.2, -0.15) is 5.26 Å². The van der Waals surface area contributed by atoms with Gasteiger partial charge in [-0.15, -0.1) is 0 Å². The first-order valence-electron chi connectivity index (χ1n) is 7.77. The van der Waals surface area contributed by atoms with Crippen LogP contribution in [0.5, 0.6) is 0 Å². The Morgan fingerprint density at radius 1 is 1.35 bits per heavy atom. The van der Waals surface area contributed by atoms with E-state index < -0.39 is 11.0 Å². The summed E-state index contributed by atoms with van der Waals surface area (Å²) < 4.78 is 0. The molecule has 1 aromatic rings. The second kappa shape index (κ2) is 4.90. The van der Waals surface area contributed by atoms with E-state index in [4.69, 9.17) is 0 Å². The molecule has 1 aromatic carbocycles. The fraction of sp³-hybridized carbons (Fsp3) is 0.611. The maximum Gasteiger partial charge on any atom is 0.0900 e. The minimum Gasteiger partial charge on any atom is -0.388 e. The number of aryl methyl sites for hydroxylation is 1. The summed E-state index contributed by atoms with van der Waals surface area (Å²) >= 11 is 0. The van der Waals surface area contributed by atoms with E-state index in [1.54, 1.807) is 0 Å². The molecule has 1 fully saturated rings. The third-order valence-electron chi connectivity index (χ3n) is 5.59. The van der Waals surface area contributed by atoms with Crippen molar-refractivity contribution in [3.63, 3.8) is 0 Å². The molecule has 0 spiro atoms. The van der Waals surface area contributed by atoms with Gasteiger partial charge in [0, 0.05) is 0 Å². The summed E-state index contributed by atoms with van der Waals surface area (Å²) in [6.07, 6.45) is 6.87. The molecule has 106 valence electrons. The lowest BCUT2D eigenvalue weighted by atomic mass is 9.60. The number of fused-ring (bicyclic) bond motifs is 1. The molecule has 0 saturated heterocycles. The van der Waals surface area contributed by atoms with Gasteiger partial charge in [-0.3, -0.25) is 0 Å². The maximum atomic E-state index is 11.0. The number of aliphatic hydroxyl groups is 1. The lowest BCUT2D eigenvalue weighted by Gasteiger charge is -2.46. The Kier molecular flexibility index (Phi) is 3.34. The molecule has 2 atom stereocenters. The highest BCUT2D eigenvalue weighted by Crippen LogP contribution is 2.48. The molecule has 0 heterocycles. The molecule has 3 rings (SSSR count). The summed E-state index contributed by atoms with van der Waals surface area (Å²) in [4.78, 5) is 0. The molecule has 20 heavy (non-hydrogen) atoms. The summed E-state index contributed by atoms with van der Waals surface area (Å²) in [7, 11) is 0. The van der Waals surface area contributed by atoms with Crippen LogP contribution in [0.25, 0.3) is 0 Å². The largest absolute Gasteiger partial charge is 0.388 e.